The number of nitrogens with zero attached hydrogens (tertiary/aromatic N) is 1. The van der Waals surface area contributed by atoms with Crippen LogP contribution in [0.25, 0.3) is 0 Å². The van der Waals surface area contributed by atoms with Crippen molar-refractivity contribution in [1.29, 1.82) is 0 Å². The largest absolute Gasteiger partial charge is 0.487 e. The molecule has 3 rings (SSSR count). The highest BCUT2D eigenvalue weighted by Crippen LogP contribution is 2.32. The van der Waals surface area contributed by atoms with Gasteiger partial charge in [-0.1, -0.05) is 30.3 Å². The standard InChI is InChI=1S/C20H21F3N2O2/c1-20(12-26-11-19(24)25-20)15-9-13(6-7-16(15)21)8-14-4-2-3-5-17(14)27-10-18(22)23/h2-7,9,18H,8,10-12H2,1H3,(H2,24,25)/t20-/m0/s1. The number of benzene rings is 2. The van der Waals surface area contributed by atoms with E-state index >= 15 is 0 Å². The summed E-state index contributed by atoms with van der Waals surface area (Å²) < 4.78 is 50.0. The minimum Gasteiger partial charge on any atom is -0.487 e. The zero-order chi connectivity index (χ0) is 19.4. The minimum absolute atomic E-state index is 0.224. The molecule has 0 radical (unpaired) electrons. The van der Waals surface area contributed by atoms with E-state index in [1.54, 1.807) is 43.3 Å². The molecular weight excluding hydrogens is 357 g/mol. The van der Waals surface area contributed by atoms with Crippen molar-refractivity contribution in [2.45, 2.75) is 25.3 Å². The lowest BCUT2D eigenvalue weighted by atomic mass is 9.89. The van der Waals surface area contributed by atoms with Crippen LogP contribution in [0, 0.1) is 5.82 Å². The fourth-order valence-electron chi connectivity index (χ4n) is 3.13. The lowest BCUT2D eigenvalue weighted by Crippen LogP contribution is -2.38. The van der Waals surface area contributed by atoms with Crippen LogP contribution in [-0.2, 0) is 16.7 Å². The van der Waals surface area contributed by atoms with Crippen molar-refractivity contribution in [3.8, 4) is 5.75 Å². The Hall–Kier alpha value is -2.54. The van der Waals surface area contributed by atoms with E-state index in [9.17, 15) is 13.2 Å². The number of rotatable bonds is 6. The Morgan fingerprint density at radius 1 is 1.26 bits per heavy atom. The van der Waals surface area contributed by atoms with Crippen LogP contribution in [0.3, 0.4) is 0 Å². The van der Waals surface area contributed by atoms with Gasteiger partial charge in [0.2, 0.25) is 0 Å². The predicted octanol–water partition coefficient (Wildman–Crippen LogP) is 3.66. The van der Waals surface area contributed by atoms with Crippen LogP contribution in [0.5, 0.6) is 5.75 Å². The van der Waals surface area contributed by atoms with Crippen molar-refractivity contribution >= 4 is 5.84 Å². The van der Waals surface area contributed by atoms with E-state index in [2.05, 4.69) is 4.99 Å². The molecule has 1 heterocycles. The summed E-state index contributed by atoms with van der Waals surface area (Å²) in [7, 11) is 0. The Bertz CT molecular complexity index is 842. The first-order valence-corrected chi connectivity index (χ1v) is 8.57. The van der Waals surface area contributed by atoms with Gasteiger partial charge in [0, 0.05) is 12.0 Å². The van der Waals surface area contributed by atoms with E-state index in [1.807, 2.05) is 0 Å². The minimum atomic E-state index is -2.55. The third kappa shape index (κ3) is 4.60. The van der Waals surface area contributed by atoms with Gasteiger partial charge < -0.3 is 15.2 Å². The number of alkyl halides is 2. The van der Waals surface area contributed by atoms with Crippen molar-refractivity contribution in [2.75, 3.05) is 19.8 Å². The van der Waals surface area contributed by atoms with Crippen molar-refractivity contribution in [3.63, 3.8) is 0 Å². The third-order valence-corrected chi connectivity index (χ3v) is 4.37. The number of nitrogens with two attached hydrogens (primary N) is 1. The maximum absolute atomic E-state index is 14.5. The molecule has 144 valence electrons. The molecule has 1 aliphatic heterocycles. The molecule has 0 amide bonds. The van der Waals surface area contributed by atoms with Gasteiger partial charge >= 0.3 is 0 Å². The van der Waals surface area contributed by atoms with Gasteiger partial charge in [0.25, 0.3) is 6.43 Å². The molecule has 4 nitrogen and oxygen atoms in total. The maximum atomic E-state index is 14.5. The number of hydrogen-bond acceptors (Lipinski definition) is 4. The molecular formula is C20H21F3N2O2. The van der Waals surface area contributed by atoms with Crippen LogP contribution in [0.15, 0.2) is 47.5 Å². The monoisotopic (exact) mass is 378 g/mol. The third-order valence-electron chi connectivity index (χ3n) is 4.37. The predicted molar refractivity (Wildman–Crippen MR) is 96.9 cm³/mol. The number of para-hydroxylation sites is 1. The lowest BCUT2D eigenvalue weighted by Gasteiger charge is -2.30. The van der Waals surface area contributed by atoms with Crippen LogP contribution >= 0.6 is 0 Å². The van der Waals surface area contributed by atoms with Crippen LogP contribution in [0.2, 0.25) is 0 Å². The Balaban J connectivity index is 1.89. The second-order valence-corrected chi connectivity index (χ2v) is 6.67. The second kappa shape index (κ2) is 8.00. The van der Waals surface area contributed by atoms with Crippen molar-refractivity contribution in [3.05, 3.63) is 65.0 Å². The number of ether oxygens (including phenoxy) is 2. The Kier molecular flexibility index (Phi) is 5.70. The van der Waals surface area contributed by atoms with Gasteiger partial charge in [0.1, 0.15) is 36.2 Å². The quantitative estimate of drug-likeness (QED) is 0.835. The summed E-state index contributed by atoms with van der Waals surface area (Å²) in [5.41, 5.74) is 6.78. The molecule has 7 heteroatoms. The highest BCUT2D eigenvalue weighted by molar-refractivity contribution is 5.82. The highest BCUT2D eigenvalue weighted by Gasteiger charge is 2.32. The number of amidine groups is 1. The molecule has 0 bridgehead atoms. The normalized spacial score (nSPS) is 19.8. The van der Waals surface area contributed by atoms with Crippen LogP contribution in [-0.4, -0.2) is 32.1 Å². The first-order chi connectivity index (χ1) is 12.9. The van der Waals surface area contributed by atoms with Gasteiger partial charge in [-0.05, 0) is 30.2 Å². The molecule has 0 saturated carbocycles. The average molecular weight is 378 g/mol. The van der Waals surface area contributed by atoms with Gasteiger partial charge in [-0.25, -0.2) is 13.2 Å². The maximum Gasteiger partial charge on any atom is 0.272 e. The average Bonchev–Trinajstić information content (AvgIpc) is 2.62. The van der Waals surface area contributed by atoms with Gasteiger partial charge in [0.05, 0.1) is 6.61 Å². The molecule has 0 unspecified atom stereocenters. The lowest BCUT2D eigenvalue weighted by molar-refractivity contribution is 0.0815. The summed E-state index contributed by atoms with van der Waals surface area (Å²) in [6.07, 6.45) is -2.15. The molecule has 1 atom stereocenters. The molecule has 0 aromatic heterocycles. The Morgan fingerprint density at radius 3 is 2.78 bits per heavy atom. The summed E-state index contributed by atoms with van der Waals surface area (Å²) in [4.78, 5) is 4.38. The molecule has 2 aromatic carbocycles. The topological polar surface area (TPSA) is 56.8 Å². The van der Waals surface area contributed by atoms with Gasteiger partial charge in [-0.15, -0.1) is 0 Å². The van der Waals surface area contributed by atoms with Crippen molar-refractivity contribution in [2.24, 2.45) is 10.7 Å². The highest BCUT2D eigenvalue weighted by atomic mass is 19.3. The molecule has 0 aliphatic carbocycles. The zero-order valence-electron chi connectivity index (χ0n) is 14.9. The zero-order valence-corrected chi connectivity index (χ0v) is 14.9. The summed E-state index contributed by atoms with van der Waals surface area (Å²) in [5.74, 6) is 0.308. The van der Waals surface area contributed by atoms with E-state index in [1.165, 1.54) is 6.07 Å². The number of hydrogen-bond donors (Lipinski definition) is 1. The second-order valence-electron chi connectivity index (χ2n) is 6.67. The Labute approximate surface area is 155 Å². The smallest absolute Gasteiger partial charge is 0.272 e. The van der Waals surface area contributed by atoms with E-state index in [0.29, 0.717) is 23.6 Å². The van der Waals surface area contributed by atoms with Crippen LogP contribution in [0.4, 0.5) is 13.2 Å². The summed E-state index contributed by atoms with van der Waals surface area (Å²) in [5, 5.41) is 0. The molecule has 27 heavy (non-hydrogen) atoms. The molecule has 2 aromatic rings. The molecule has 1 aliphatic rings. The Morgan fingerprint density at radius 2 is 2.04 bits per heavy atom. The molecule has 0 saturated heterocycles. The van der Waals surface area contributed by atoms with Crippen LogP contribution in [0.1, 0.15) is 23.6 Å². The first-order valence-electron chi connectivity index (χ1n) is 8.57. The summed E-state index contributed by atoms with van der Waals surface area (Å²) >= 11 is 0. The summed E-state index contributed by atoms with van der Waals surface area (Å²) in [6, 6.07) is 11.7. The molecule has 2 N–H and O–H groups in total. The first kappa shape index (κ1) is 19.2. The van der Waals surface area contributed by atoms with Crippen LogP contribution < -0.4 is 10.5 Å². The van der Waals surface area contributed by atoms with E-state index in [4.69, 9.17) is 15.2 Å². The van der Waals surface area contributed by atoms with Gasteiger partial charge in [0.15, 0.2) is 0 Å². The number of aliphatic imine (C=N–C) groups is 1. The fraction of sp³-hybridized carbons (Fsp3) is 0.350. The fourth-order valence-corrected chi connectivity index (χ4v) is 3.13. The SMILES string of the molecule is C[C@@]1(c2cc(Cc3ccccc3OCC(F)F)ccc2F)COCC(N)=N1. The van der Waals surface area contributed by atoms with Crippen molar-refractivity contribution in [1.82, 2.24) is 0 Å². The van der Waals surface area contributed by atoms with Gasteiger partial charge in [-0.3, -0.25) is 4.99 Å². The van der Waals surface area contributed by atoms with E-state index in [0.717, 1.165) is 11.1 Å². The number of halogens is 3. The van der Waals surface area contributed by atoms with E-state index < -0.39 is 24.4 Å². The summed E-state index contributed by atoms with van der Waals surface area (Å²) in [6.45, 7) is 1.55. The molecule has 0 spiro atoms. The van der Waals surface area contributed by atoms with E-state index in [-0.39, 0.29) is 13.2 Å². The molecule has 0 fully saturated rings. The van der Waals surface area contributed by atoms with Gasteiger partial charge in [-0.2, -0.15) is 0 Å². The van der Waals surface area contributed by atoms with Crippen molar-refractivity contribution < 1.29 is 22.6 Å².